The van der Waals surface area contributed by atoms with E-state index in [4.69, 9.17) is 0 Å². The number of hydrogen-bond donors (Lipinski definition) is 1. The smallest absolute Gasteiger partial charge is 0.220 e. The van der Waals surface area contributed by atoms with Gasteiger partial charge in [-0.2, -0.15) is 5.10 Å². The third-order valence-corrected chi connectivity index (χ3v) is 4.75. The van der Waals surface area contributed by atoms with Crippen LogP contribution in [-0.2, 0) is 24.3 Å². The molecular weight excluding hydrogens is 350 g/mol. The number of aromatic nitrogens is 2. The third-order valence-electron chi connectivity index (χ3n) is 4.75. The van der Waals surface area contributed by atoms with Gasteiger partial charge in [-0.15, -0.1) is 0 Å². The molecule has 1 aromatic heterocycles. The lowest BCUT2D eigenvalue weighted by molar-refractivity contribution is -0.121. The maximum atomic E-state index is 12.3. The maximum absolute atomic E-state index is 12.3. The largest absolute Gasteiger partial charge is 0.352 e. The predicted molar refractivity (Wildman–Crippen MR) is 109 cm³/mol. The van der Waals surface area contributed by atoms with E-state index in [0.29, 0.717) is 18.7 Å². The Morgan fingerprint density at radius 3 is 2.39 bits per heavy atom. The van der Waals surface area contributed by atoms with Crippen molar-refractivity contribution >= 4 is 11.7 Å². The summed E-state index contributed by atoms with van der Waals surface area (Å²) >= 11 is 0. The molecule has 144 valence electrons. The predicted octanol–water partition coefficient (Wildman–Crippen LogP) is 3.77. The zero-order valence-electron chi connectivity index (χ0n) is 16.1. The number of amides is 1. The highest BCUT2D eigenvalue weighted by Crippen LogP contribution is 2.11. The van der Waals surface area contributed by atoms with Gasteiger partial charge >= 0.3 is 0 Å². The van der Waals surface area contributed by atoms with E-state index in [-0.39, 0.29) is 24.5 Å². The van der Waals surface area contributed by atoms with Crippen molar-refractivity contribution in [2.24, 2.45) is 0 Å². The fraction of sp³-hybridized carbons (Fsp3) is 0.261. The van der Waals surface area contributed by atoms with Crippen LogP contribution in [0.5, 0.6) is 0 Å². The summed E-state index contributed by atoms with van der Waals surface area (Å²) in [6, 6.07) is 17.5. The van der Waals surface area contributed by atoms with Crippen LogP contribution in [0.4, 0.5) is 0 Å². The van der Waals surface area contributed by atoms with Crippen LogP contribution in [0.2, 0.25) is 0 Å². The lowest BCUT2D eigenvalue weighted by atomic mass is 10.0. The number of hydrogen-bond acceptors (Lipinski definition) is 3. The van der Waals surface area contributed by atoms with Gasteiger partial charge in [0.15, 0.2) is 5.78 Å². The van der Waals surface area contributed by atoms with E-state index in [1.165, 1.54) is 5.56 Å². The standard InChI is InChI=1S/C23H25N3O2/c1-2-18-8-10-19(11-9-18)22(27)12-13-23(28)24-16-20-6-3-4-7-21(20)17-26-15-5-14-25-26/h3-11,14-15H,2,12-13,16-17H2,1H3,(H,24,28). The molecule has 0 bridgehead atoms. The molecule has 0 saturated heterocycles. The molecule has 0 atom stereocenters. The van der Waals surface area contributed by atoms with Crippen LogP contribution in [0.15, 0.2) is 67.0 Å². The Morgan fingerprint density at radius 1 is 0.964 bits per heavy atom. The second-order valence-corrected chi connectivity index (χ2v) is 6.72. The SMILES string of the molecule is CCc1ccc(C(=O)CCC(=O)NCc2ccccc2Cn2cccn2)cc1. The summed E-state index contributed by atoms with van der Waals surface area (Å²) in [5, 5.41) is 7.15. The molecule has 1 heterocycles. The number of rotatable bonds is 9. The number of nitrogens with zero attached hydrogens (tertiary/aromatic N) is 2. The van der Waals surface area contributed by atoms with Gasteiger partial charge < -0.3 is 5.32 Å². The van der Waals surface area contributed by atoms with E-state index < -0.39 is 0 Å². The minimum atomic E-state index is -0.118. The average molecular weight is 375 g/mol. The number of benzene rings is 2. The molecule has 2 aromatic carbocycles. The van der Waals surface area contributed by atoms with Crippen molar-refractivity contribution in [2.75, 3.05) is 0 Å². The molecule has 3 rings (SSSR count). The van der Waals surface area contributed by atoms with E-state index in [1.54, 1.807) is 6.20 Å². The zero-order chi connectivity index (χ0) is 19.8. The van der Waals surface area contributed by atoms with E-state index in [9.17, 15) is 9.59 Å². The highest BCUT2D eigenvalue weighted by molar-refractivity contribution is 5.97. The Labute approximate surface area is 165 Å². The Balaban J connectivity index is 1.49. The van der Waals surface area contributed by atoms with Gasteiger partial charge in [0.05, 0.1) is 6.54 Å². The number of carbonyl (C=O) groups is 2. The summed E-state index contributed by atoms with van der Waals surface area (Å²) in [6.07, 6.45) is 5.01. The molecule has 0 saturated carbocycles. The normalized spacial score (nSPS) is 10.6. The van der Waals surface area contributed by atoms with Crippen molar-refractivity contribution in [1.82, 2.24) is 15.1 Å². The van der Waals surface area contributed by atoms with Crippen LogP contribution < -0.4 is 5.32 Å². The van der Waals surface area contributed by atoms with E-state index in [1.807, 2.05) is 65.5 Å². The molecule has 1 N–H and O–H groups in total. The minimum absolute atomic E-state index is 0.00288. The van der Waals surface area contributed by atoms with Crippen molar-refractivity contribution < 1.29 is 9.59 Å². The van der Waals surface area contributed by atoms with Gasteiger partial charge in [0.2, 0.25) is 5.91 Å². The first-order chi connectivity index (χ1) is 13.7. The second kappa shape index (κ2) is 9.65. The average Bonchev–Trinajstić information content (AvgIpc) is 3.24. The summed E-state index contributed by atoms with van der Waals surface area (Å²) < 4.78 is 1.85. The van der Waals surface area contributed by atoms with Gasteiger partial charge in [0.25, 0.3) is 0 Å². The number of nitrogens with one attached hydrogen (secondary N) is 1. The van der Waals surface area contributed by atoms with Crippen molar-refractivity contribution in [3.8, 4) is 0 Å². The fourth-order valence-corrected chi connectivity index (χ4v) is 3.03. The van der Waals surface area contributed by atoms with Gasteiger partial charge in [-0.05, 0) is 29.2 Å². The Morgan fingerprint density at radius 2 is 1.71 bits per heavy atom. The van der Waals surface area contributed by atoms with Crippen LogP contribution in [-0.4, -0.2) is 21.5 Å². The molecule has 1 amide bonds. The Bertz CT molecular complexity index is 915. The molecule has 0 aliphatic carbocycles. The first kappa shape index (κ1) is 19.5. The van der Waals surface area contributed by atoms with E-state index >= 15 is 0 Å². The first-order valence-corrected chi connectivity index (χ1v) is 9.58. The zero-order valence-corrected chi connectivity index (χ0v) is 16.1. The number of carbonyl (C=O) groups excluding carboxylic acids is 2. The number of aryl methyl sites for hydroxylation is 1. The van der Waals surface area contributed by atoms with Gasteiger partial charge in [-0.25, -0.2) is 0 Å². The van der Waals surface area contributed by atoms with Gasteiger partial charge in [-0.1, -0.05) is 55.5 Å². The number of ketones is 1. The molecule has 5 heteroatoms. The van der Waals surface area contributed by atoms with Crippen LogP contribution >= 0.6 is 0 Å². The maximum Gasteiger partial charge on any atom is 0.220 e. The molecule has 3 aromatic rings. The molecule has 0 aliphatic heterocycles. The summed E-state index contributed by atoms with van der Waals surface area (Å²) in [4.78, 5) is 24.5. The van der Waals surface area contributed by atoms with Crippen LogP contribution in [0.25, 0.3) is 0 Å². The van der Waals surface area contributed by atoms with Gasteiger partial charge in [0, 0.05) is 37.3 Å². The molecule has 0 aliphatic rings. The number of Topliss-reactive ketones (excluding diaryl/α,β-unsaturated/α-hetero) is 1. The van der Waals surface area contributed by atoms with Gasteiger partial charge in [0.1, 0.15) is 0 Å². The molecule has 0 radical (unpaired) electrons. The summed E-state index contributed by atoms with van der Waals surface area (Å²) in [6.45, 7) is 3.18. The monoisotopic (exact) mass is 375 g/mol. The lowest BCUT2D eigenvalue weighted by Gasteiger charge is -2.11. The summed E-state index contributed by atoms with van der Waals surface area (Å²) in [5.74, 6) is -0.121. The molecule has 28 heavy (non-hydrogen) atoms. The van der Waals surface area contributed by atoms with Crippen molar-refractivity contribution in [3.63, 3.8) is 0 Å². The van der Waals surface area contributed by atoms with Crippen molar-refractivity contribution in [1.29, 1.82) is 0 Å². The Hall–Kier alpha value is -3.21. The fourth-order valence-electron chi connectivity index (χ4n) is 3.03. The van der Waals surface area contributed by atoms with Crippen LogP contribution in [0, 0.1) is 0 Å². The van der Waals surface area contributed by atoms with E-state index in [0.717, 1.165) is 17.5 Å². The minimum Gasteiger partial charge on any atom is -0.352 e. The third kappa shape index (κ3) is 5.39. The highest BCUT2D eigenvalue weighted by atomic mass is 16.2. The summed E-state index contributed by atoms with van der Waals surface area (Å²) in [5.41, 5.74) is 4.02. The van der Waals surface area contributed by atoms with Crippen molar-refractivity contribution in [3.05, 3.63) is 89.2 Å². The topological polar surface area (TPSA) is 64.0 Å². The first-order valence-electron chi connectivity index (χ1n) is 9.58. The van der Waals surface area contributed by atoms with Crippen molar-refractivity contribution in [2.45, 2.75) is 39.3 Å². The van der Waals surface area contributed by atoms with E-state index in [2.05, 4.69) is 17.3 Å². The van der Waals surface area contributed by atoms with Gasteiger partial charge in [-0.3, -0.25) is 14.3 Å². The molecular formula is C23H25N3O2. The highest BCUT2D eigenvalue weighted by Gasteiger charge is 2.10. The Kier molecular flexibility index (Phi) is 6.73. The quantitative estimate of drug-likeness (QED) is 0.579. The molecule has 0 spiro atoms. The van der Waals surface area contributed by atoms with Crippen LogP contribution in [0.1, 0.15) is 46.8 Å². The molecule has 5 nitrogen and oxygen atoms in total. The second-order valence-electron chi connectivity index (χ2n) is 6.72. The molecule has 0 unspecified atom stereocenters. The molecule has 0 fully saturated rings. The lowest BCUT2D eigenvalue weighted by Crippen LogP contribution is -2.24. The van der Waals surface area contributed by atoms with Crippen LogP contribution in [0.3, 0.4) is 0 Å². The summed E-state index contributed by atoms with van der Waals surface area (Å²) in [7, 11) is 0.